The van der Waals surface area contributed by atoms with Crippen molar-refractivity contribution in [3.63, 3.8) is 0 Å². The third kappa shape index (κ3) is 2.05. The zero-order chi connectivity index (χ0) is 8.27. The van der Waals surface area contributed by atoms with Crippen molar-refractivity contribution in [2.75, 3.05) is 6.54 Å². The normalized spacial score (nSPS) is 13.4. The van der Waals surface area contributed by atoms with Crippen LogP contribution in [0.15, 0.2) is 6.33 Å². The number of aryl methyl sites for hydroxylation is 1. The van der Waals surface area contributed by atoms with E-state index < -0.39 is 0 Å². The van der Waals surface area contributed by atoms with Gasteiger partial charge in [-0.05, 0) is 25.8 Å². The van der Waals surface area contributed by atoms with Crippen LogP contribution in [0.2, 0.25) is 0 Å². The lowest BCUT2D eigenvalue weighted by Crippen LogP contribution is -2.13. The Morgan fingerprint density at radius 3 is 2.91 bits per heavy atom. The first kappa shape index (κ1) is 8.27. The molecule has 1 heterocycles. The Morgan fingerprint density at radius 1 is 1.73 bits per heavy atom. The van der Waals surface area contributed by atoms with Gasteiger partial charge in [0.15, 0.2) is 0 Å². The molecule has 0 saturated heterocycles. The van der Waals surface area contributed by atoms with Crippen LogP contribution >= 0.6 is 0 Å². The molecular weight excluding hydrogens is 138 g/mol. The lowest BCUT2D eigenvalue weighted by molar-refractivity contribution is 0.584. The largest absolute Gasteiger partial charge is 0.348 e. The summed E-state index contributed by atoms with van der Waals surface area (Å²) in [6.45, 7) is 4.89. The molecule has 0 spiro atoms. The molecule has 3 N–H and O–H groups in total. The average molecular weight is 153 g/mol. The quantitative estimate of drug-likeness (QED) is 0.676. The Morgan fingerprint density at radius 2 is 2.45 bits per heavy atom. The summed E-state index contributed by atoms with van der Waals surface area (Å²) in [5.41, 5.74) is 7.80. The van der Waals surface area contributed by atoms with E-state index in [1.54, 1.807) is 6.33 Å². The molecule has 1 atom stereocenters. The highest BCUT2D eigenvalue weighted by Crippen LogP contribution is 2.07. The standard InChI is InChI=1S/C8H15N3/c1-6(4-9)3-8-7(2)10-5-11-8/h5-6H,3-4,9H2,1-2H3,(H,10,11). The van der Waals surface area contributed by atoms with Gasteiger partial charge in [-0.25, -0.2) is 4.98 Å². The van der Waals surface area contributed by atoms with Crippen molar-refractivity contribution >= 4 is 0 Å². The Balaban J connectivity index is 2.56. The molecule has 0 aliphatic carbocycles. The lowest BCUT2D eigenvalue weighted by atomic mass is 10.1. The topological polar surface area (TPSA) is 54.7 Å². The summed E-state index contributed by atoms with van der Waals surface area (Å²) in [4.78, 5) is 7.24. The van der Waals surface area contributed by atoms with Crippen molar-refractivity contribution in [2.45, 2.75) is 20.3 Å². The first-order valence-corrected chi connectivity index (χ1v) is 3.93. The monoisotopic (exact) mass is 153 g/mol. The molecule has 1 aromatic rings. The van der Waals surface area contributed by atoms with E-state index in [2.05, 4.69) is 16.9 Å². The smallest absolute Gasteiger partial charge is 0.0925 e. The summed E-state index contributed by atoms with van der Waals surface area (Å²) in [7, 11) is 0. The first-order valence-electron chi connectivity index (χ1n) is 3.93. The van der Waals surface area contributed by atoms with Crippen molar-refractivity contribution in [1.29, 1.82) is 0 Å². The number of nitrogens with zero attached hydrogens (tertiary/aromatic N) is 1. The third-order valence-electron chi connectivity index (χ3n) is 1.88. The maximum atomic E-state index is 5.50. The van der Waals surface area contributed by atoms with Crippen molar-refractivity contribution in [1.82, 2.24) is 9.97 Å². The van der Waals surface area contributed by atoms with Crippen molar-refractivity contribution in [3.8, 4) is 0 Å². The second kappa shape index (κ2) is 3.53. The minimum Gasteiger partial charge on any atom is -0.348 e. The fourth-order valence-electron chi connectivity index (χ4n) is 1.01. The van der Waals surface area contributed by atoms with Gasteiger partial charge in [0.1, 0.15) is 0 Å². The summed E-state index contributed by atoms with van der Waals surface area (Å²) in [5, 5.41) is 0. The molecule has 11 heavy (non-hydrogen) atoms. The van der Waals surface area contributed by atoms with Gasteiger partial charge in [0.05, 0.1) is 12.0 Å². The van der Waals surface area contributed by atoms with E-state index in [9.17, 15) is 0 Å². The number of aromatic nitrogens is 2. The van der Waals surface area contributed by atoms with Gasteiger partial charge in [-0.3, -0.25) is 0 Å². The van der Waals surface area contributed by atoms with E-state index in [0.717, 1.165) is 24.4 Å². The fourth-order valence-corrected chi connectivity index (χ4v) is 1.01. The van der Waals surface area contributed by atoms with E-state index >= 15 is 0 Å². The number of imidazole rings is 1. The van der Waals surface area contributed by atoms with Crippen LogP contribution in [-0.4, -0.2) is 16.5 Å². The Kier molecular flexibility index (Phi) is 2.65. The minimum absolute atomic E-state index is 0.525. The van der Waals surface area contributed by atoms with E-state index in [-0.39, 0.29) is 0 Å². The summed E-state index contributed by atoms with van der Waals surface area (Å²) in [6.07, 6.45) is 2.71. The molecule has 0 amide bonds. The van der Waals surface area contributed by atoms with Crippen LogP contribution < -0.4 is 5.73 Å². The van der Waals surface area contributed by atoms with Crippen LogP contribution in [0.3, 0.4) is 0 Å². The highest BCUT2D eigenvalue weighted by Gasteiger charge is 2.05. The van der Waals surface area contributed by atoms with Gasteiger partial charge < -0.3 is 10.7 Å². The maximum Gasteiger partial charge on any atom is 0.0925 e. The highest BCUT2D eigenvalue weighted by molar-refractivity contribution is 5.09. The lowest BCUT2D eigenvalue weighted by Gasteiger charge is -2.05. The average Bonchev–Trinajstić information content (AvgIpc) is 2.37. The van der Waals surface area contributed by atoms with Gasteiger partial charge in [-0.2, -0.15) is 0 Å². The van der Waals surface area contributed by atoms with Crippen LogP contribution in [0.25, 0.3) is 0 Å². The van der Waals surface area contributed by atoms with Gasteiger partial charge in [0.25, 0.3) is 0 Å². The zero-order valence-electron chi connectivity index (χ0n) is 7.09. The second-order valence-electron chi connectivity index (χ2n) is 3.02. The number of hydrogen-bond donors (Lipinski definition) is 2. The Labute approximate surface area is 67.0 Å². The molecule has 0 radical (unpaired) electrons. The molecule has 1 aromatic heterocycles. The molecule has 1 unspecified atom stereocenters. The van der Waals surface area contributed by atoms with Crippen LogP contribution in [0.4, 0.5) is 0 Å². The van der Waals surface area contributed by atoms with Crippen molar-refractivity contribution in [3.05, 3.63) is 17.7 Å². The van der Waals surface area contributed by atoms with Crippen LogP contribution in [0.1, 0.15) is 18.3 Å². The van der Waals surface area contributed by atoms with E-state index in [4.69, 9.17) is 5.73 Å². The number of H-pyrrole nitrogens is 1. The molecule has 0 aliphatic rings. The molecule has 0 saturated carbocycles. The molecule has 0 bridgehead atoms. The Hall–Kier alpha value is -0.830. The van der Waals surface area contributed by atoms with Gasteiger partial charge >= 0.3 is 0 Å². The van der Waals surface area contributed by atoms with Gasteiger partial charge in [-0.15, -0.1) is 0 Å². The predicted molar refractivity (Wildman–Crippen MR) is 45.2 cm³/mol. The number of hydrogen-bond acceptors (Lipinski definition) is 2. The first-order chi connectivity index (χ1) is 5.24. The second-order valence-corrected chi connectivity index (χ2v) is 3.02. The molecule has 0 aliphatic heterocycles. The molecule has 3 heteroatoms. The minimum atomic E-state index is 0.525. The van der Waals surface area contributed by atoms with Gasteiger partial charge in [0, 0.05) is 5.69 Å². The maximum absolute atomic E-state index is 5.50. The van der Waals surface area contributed by atoms with Crippen molar-refractivity contribution < 1.29 is 0 Å². The SMILES string of the molecule is Cc1[nH]cnc1CC(C)CN. The molecular formula is C8H15N3. The molecule has 0 aromatic carbocycles. The summed E-state index contributed by atoms with van der Waals surface area (Å²) < 4.78 is 0. The van der Waals surface area contributed by atoms with E-state index in [0.29, 0.717) is 5.92 Å². The van der Waals surface area contributed by atoms with E-state index in [1.807, 2.05) is 6.92 Å². The number of rotatable bonds is 3. The fraction of sp³-hybridized carbons (Fsp3) is 0.625. The van der Waals surface area contributed by atoms with Crippen LogP contribution in [0.5, 0.6) is 0 Å². The molecule has 0 fully saturated rings. The molecule has 1 rings (SSSR count). The Bertz CT molecular complexity index is 217. The van der Waals surface area contributed by atoms with Gasteiger partial charge in [0.2, 0.25) is 0 Å². The zero-order valence-corrected chi connectivity index (χ0v) is 7.09. The summed E-state index contributed by atoms with van der Waals surface area (Å²) in [5.74, 6) is 0.525. The van der Waals surface area contributed by atoms with Gasteiger partial charge in [-0.1, -0.05) is 6.92 Å². The van der Waals surface area contributed by atoms with Crippen molar-refractivity contribution in [2.24, 2.45) is 11.7 Å². The number of aromatic amines is 1. The van der Waals surface area contributed by atoms with E-state index in [1.165, 1.54) is 0 Å². The van der Waals surface area contributed by atoms with Crippen LogP contribution in [0, 0.1) is 12.8 Å². The number of nitrogens with one attached hydrogen (secondary N) is 1. The molecule has 3 nitrogen and oxygen atoms in total. The summed E-state index contributed by atoms with van der Waals surface area (Å²) >= 11 is 0. The molecule has 62 valence electrons. The summed E-state index contributed by atoms with van der Waals surface area (Å²) in [6, 6.07) is 0. The third-order valence-corrected chi connectivity index (χ3v) is 1.88. The number of nitrogens with two attached hydrogens (primary N) is 1. The highest BCUT2D eigenvalue weighted by atomic mass is 14.9. The predicted octanol–water partition coefficient (Wildman–Crippen LogP) is 0.855. The van der Waals surface area contributed by atoms with Crippen LogP contribution in [-0.2, 0) is 6.42 Å².